The molecular formula is C12H13BrO2. The quantitative estimate of drug-likeness (QED) is 0.609. The molecule has 15 heavy (non-hydrogen) atoms. The number of hydrogen-bond donors (Lipinski definition) is 0. The van der Waals surface area contributed by atoms with Crippen LogP contribution in [-0.2, 0) is 15.1 Å². The molecule has 1 heterocycles. The number of hydrogen-bond acceptors (Lipinski definition) is 2. The van der Waals surface area contributed by atoms with Gasteiger partial charge in [0.15, 0.2) is 0 Å². The van der Waals surface area contributed by atoms with Crippen molar-refractivity contribution in [1.82, 2.24) is 0 Å². The van der Waals surface area contributed by atoms with Crippen LogP contribution in [-0.4, -0.2) is 10.8 Å². The number of rotatable bonds is 2. The van der Waals surface area contributed by atoms with Gasteiger partial charge in [0, 0.05) is 12.8 Å². The third kappa shape index (κ3) is 1.81. The Morgan fingerprint density at radius 1 is 1.40 bits per heavy atom. The fourth-order valence-corrected chi connectivity index (χ4v) is 2.61. The first-order valence-electron chi connectivity index (χ1n) is 5.06. The van der Waals surface area contributed by atoms with Crippen LogP contribution in [0.15, 0.2) is 30.3 Å². The molecule has 0 unspecified atom stereocenters. The van der Waals surface area contributed by atoms with Gasteiger partial charge in [-0.3, -0.25) is 4.79 Å². The van der Waals surface area contributed by atoms with Crippen molar-refractivity contribution in [3.05, 3.63) is 35.9 Å². The van der Waals surface area contributed by atoms with Crippen LogP contribution in [0.1, 0.15) is 25.3 Å². The summed E-state index contributed by atoms with van der Waals surface area (Å²) in [7, 11) is 0. The Hall–Kier alpha value is -0.830. The second-order valence-electron chi connectivity index (χ2n) is 3.85. The summed E-state index contributed by atoms with van der Waals surface area (Å²) in [5.41, 5.74) is 0.596. The number of benzene rings is 1. The van der Waals surface area contributed by atoms with Crippen molar-refractivity contribution in [2.24, 2.45) is 0 Å². The zero-order valence-electron chi connectivity index (χ0n) is 8.57. The Kier molecular flexibility index (Phi) is 2.83. The van der Waals surface area contributed by atoms with Crippen molar-refractivity contribution >= 4 is 21.9 Å². The van der Waals surface area contributed by atoms with Crippen molar-refractivity contribution in [2.75, 3.05) is 0 Å². The molecular weight excluding hydrogens is 256 g/mol. The average molecular weight is 269 g/mol. The minimum absolute atomic E-state index is 0.106. The molecule has 2 nitrogen and oxygen atoms in total. The number of ether oxygens (including phenoxy) is 1. The molecule has 0 aromatic heterocycles. The van der Waals surface area contributed by atoms with Crippen molar-refractivity contribution in [3.63, 3.8) is 0 Å². The van der Waals surface area contributed by atoms with E-state index in [1.165, 1.54) is 0 Å². The van der Waals surface area contributed by atoms with Crippen LogP contribution in [0.4, 0.5) is 0 Å². The molecule has 80 valence electrons. The molecule has 0 saturated carbocycles. The molecule has 1 saturated heterocycles. The first-order valence-corrected chi connectivity index (χ1v) is 5.98. The van der Waals surface area contributed by atoms with Gasteiger partial charge in [-0.15, -0.1) is 0 Å². The van der Waals surface area contributed by atoms with Crippen LogP contribution in [0.5, 0.6) is 0 Å². The molecule has 1 aromatic rings. The minimum Gasteiger partial charge on any atom is -0.453 e. The van der Waals surface area contributed by atoms with Gasteiger partial charge >= 0.3 is 5.97 Å². The Labute approximate surface area is 97.8 Å². The summed E-state index contributed by atoms with van der Waals surface area (Å²) in [6.45, 7) is 2.02. The molecule has 1 aromatic carbocycles. The van der Waals surface area contributed by atoms with Crippen molar-refractivity contribution in [3.8, 4) is 0 Å². The zero-order chi connectivity index (χ0) is 10.9. The van der Waals surface area contributed by atoms with Crippen LogP contribution in [0, 0.1) is 0 Å². The summed E-state index contributed by atoms with van der Waals surface area (Å²) in [5, 5.41) is 0. The molecule has 2 atom stereocenters. The van der Waals surface area contributed by atoms with Crippen molar-refractivity contribution in [2.45, 2.75) is 30.2 Å². The smallest absolute Gasteiger partial charge is 0.306 e. The molecule has 1 aliphatic heterocycles. The van der Waals surface area contributed by atoms with Crippen molar-refractivity contribution in [1.29, 1.82) is 0 Å². The molecule has 0 amide bonds. The van der Waals surface area contributed by atoms with Crippen LogP contribution in [0.3, 0.4) is 0 Å². The summed E-state index contributed by atoms with van der Waals surface area (Å²) in [5.74, 6) is -0.106. The average Bonchev–Trinajstić information content (AvgIpc) is 2.63. The maximum atomic E-state index is 11.3. The molecule has 1 fully saturated rings. The third-order valence-electron chi connectivity index (χ3n) is 2.90. The molecule has 1 aliphatic rings. The number of carbonyl (C=O) groups is 1. The highest BCUT2D eigenvalue weighted by Crippen LogP contribution is 2.42. The summed E-state index contributed by atoms with van der Waals surface area (Å²) in [6.07, 6.45) is 1.26. The van der Waals surface area contributed by atoms with Gasteiger partial charge < -0.3 is 4.74 Å². The number of halogens is 1. The second-order valence-corrected chi connectivity index (χ2v) is 5.22. The fourth-order valence-electron chi connectivity index (χ4n) is 2.03. The highest BCUT2D eigenvalue weighted by Gasteiger charge is 2.45. The Morgan fingerprint density at radius 3 is 2.53 bits per heavy atom. The number of cyclic esters (lactones) is 1. The maximum Gasteiger partial charge on any atom is 0.306 e. The van der Waals surface area contributed by atoms with Gasteiger partial charge in [-0.05, 0) is 12.5 Å². The summed E-state index contributed by atoms with van der Waals surface area (Å²) >= 11 is 3.55. The van der Waals surface area contributed by atoms with Crippen LogP contribution in [0.2, 0.25) is 0 Å². The first-order chi connectivity index (χ1) is 7.15. The van der Waals surface area contributed by atoms with Gasteiger partial charge in [0.05, 0.1) is 4.83 Å². The first kappa shape index (κ1) is 10.7. The largest absolute Gasteiger partial charge is 0.453 e. The summed E-state index contributed by atoms with van der Waals surface area (Å²) in [6, 6.07) is 9.93. The molecule has 0 bridgehead atoms. The number of carbonyl (C=O) groups excluding carboxylic acids is 1. The van der Waals surface area contributed by atoms with E-state index in [0.717, 1.165) is 12.0 Å². The summed E-state index contributed by atoms with van der Waals surface area (Å²) < 4.78 is 5.51. The monoisotopic (exact) mass is 268 g/mol. The standard InChI is InChI=1S/C12H13BrO2/c1-9(13)12(8-7-11(14)15-12)10-5-3-2-4-6-10/h2-6,9H,7-8H2,1H3/t9-,12+/m0/s1. The molecule has 0 radical (unpaired) electrons. The van der Waals surface area contributed by atoms with Gasteiger partial charge in [-0.1, -0.05) is 46.3 Å². The third-order valence-corrected chi connectivity index (χ3v) is 3.64. The van der Waals surface area contributed by atoms with Gasteiger partial charge in [0.1, 0.15) is 5.60 Å². The predicted octanol–water partition coefficient (Wildman–Crippen LogP) is 3.00. The number of alkyl halides is 1. The molecule has 3 heteroatoms. The normalized spacial score (nSPS) is 27.5. The van der Waals surface area contributed by atoms with Gasteiger partial charge in [-0.2, -0.15) is 0 Å². The SMILES string of the molecule is C[C@H](Br)[C@@]1(c2ccccc2)CCC(=O)O1. The lowest BCUT2D eigenvalue weighted by atomic mass is 9.88. The van der Waals surface area contributed by atoms with E-state index in [4.69, 9.17) is 4.74 Å². The molecule has 0 spiro atoms. The lowest BCUT2D eigenvalue weighted by Crippen LogP contribution is -2.33. The zero-order valence-corrected chi connectivity index (χ0v) is 10.2. The van der Waals surface area contributed by atoms with E-state index in [9.17, 15) is 4.79 Å². The second kappa shape index (κ2) is 3.97. The Bertz CT molecular complexity index is 361. The summed E-state index contributed by atoms with van der Waals surface area (Å²) in [4.78, 5) is 11.4. The molecule has 2 rings (SSSR count). The predicted molar refractivity (Wildman–Crippen MR) is 61.8 cm³/mol. The van der Waals surface area contributed by atoms with E-state index in [1.807, 2.05) is 37.3 Å². The molecule has 0 aliphatic carbocycles. The Balaban J connectivity index is 2.40. The van der Waals surface area contributed by atoms with E-state index in [2.05, 4.69) is 15.9 Å². The van der Waals surface area contributed by atoms with E-state index in [0.29, 0.717) is 6.42 Å². The molecule has 0 N–H and O–H groups in total. The van der Waals surface area contributed by atoms with Crippen molar-refractivity contribution < 1.29 is 9.53 Å². The van der Waals surface area contributed by atoms with Gasteiger partial charge in [0.25, 0.3) is 0 Å². The highest BCUT2D eigenvalue weighted by molar-refractivity contribution is 9.09. The van der Waals surface area contributed by atoms with E-state index in [1.54, 1.807) is 0 Å². The van der Waals surface area contributed by atoms with Crippen LogP contribution >= 0.6 is 15.9 Å². The fraction of sp³-hybridized carbons (Fsp3) is 0.417. The van der Waals surface area contributed by atoms with E-state index in [-0.39, 0.29) is 10.8 Å². The number of esters is 1. The van der Waals surface area contributed by atoms with Gasteiger partial charge in [0.2, 0.25) is 0 Å². The lowest BCUT2D eigenvalue weighted by Gasteiger charge is -2.31. The van der Waals surface area contributed by atoms with Gasteiger partial charge in [-0.25, -0.2) is 0 Å². The topological polar surface area (TPSA) is 26.3 Å². The van der Waals surface area contributed by atoms with Crippen LogP contribution in [0.25, 0.3) is 0 Å². The van der Waals surface area contributed by atoms with Crippen LogP contribution < -0.4 is 0 Å². The highest BCUT2D eigenvalue weighted by atomic mass is 79.9. The Morgan fingerprint density at radius 2 is 2.07 bits per heavy atom. The van der Waals surface area contributed by atoms with E-state index < -0.39 is 5.60 Å². The minimum atomic E-state index is -0.474. The lowest BCUT2D eigenvalue weighted by molar-refractivity contribution is -0.148. The maximum absolute atomic E-state index is 11.3. The van der Waals surface area contributed by atoms with E-state index >= 15 is 0 Å².